The lowest BCUT2D eigenvalue weighted by atomic mass is 10.0. The third kappa shape index (κ3) is 5.33. The second kappa shape index (κ2) is 9.84. The zero-order chi connectivity index (χ0) is 18.1. The van der Waals surface area contributed by atoms with E-state index in [1.807, 2.05) is 61.5 Å². The summed E-state index contributed by atoms with van der Waals surface area (Å²) < 4.78 is 5.61. The van der Waals surface area contributed by atoms with Crippen LogP contribution in [0.15, 0.2) is 54.6 Å². The highest BCUT2D eigenvalue weighted by atomic mass is 16.5. The van der Waals surface area contributed by atoms with E-state index in [2.05, 4.69) is 24.5 Å². The quantitative estimate of drug-likeness (QED) is 0.704. The first kappa shape index (κ1) is 19.0. The van der Waals surface area contributed by atoms with Crippen LogP contribution in [0.5, 0.6) is 5.75 Å². The molecule has 25 heavy (non-hydrogen) atoms. The third-order valence-electron chi connectivity index (χ3n) is 4.23. The van der Waals surface area contributed by atoms with Crippen molar-refractivity contribution in [1.82, 2.24) is 5.32 Å². The second-order valence-corrected chi connectivity index (χ2v) is 5.94. The summed E-state index contributed by atoms with van der Waals surface area (Å²) >= 11 is 0. The largest absolute Gasteiger partial charge is 0.492 e. The van der Waals surface area contributed by atoms with Gasteiger partial charge in [0.05, 0.1) is 12.3 Å². The number of amides is 1. The molecule has 134 valence electrons. The highest BCUT2D eigenvalue weighted by Gasteiger charge is 2.23. The fraction of sp³-hybridized carbons (Fsp3) is 0.381. The van der Waals surface area contributed by atoms with Crippen LogP contribution in [-0.4, -0.2) is 18.6 Å². The molecule has 0 heterocycles. The lowest BCUT2D eigenvalue weighted by Crippen LogP contribution is -2.39. The predicted octanol–water partition coefficient (Wildman–Crippen LogP) is 4.54. The molecule has 0 aromatic heterocycles. The molecule has 2 rings (SSSR count). The van der Waals surface area contributed by atoms with Crippen molar-refractivity contribution in [1.29, 1.82) is 0 Å². The molecular formula is C21H28N2O2. The van der Waals surface area contributed by atoms with E-state index < -0.39 is 6.04 Å². The summed E-state index contributed by atoms with van der Waals surface area (Å²) in [7, 11) is 0. The molecule has 2 aromatic carbocycles. The second-order valence-electron chi connectivity index (χ2n) is 5.94. The number of nitrogens with one attached hydrogen (secondary N) is 2. The van der Waals surface area contributed by atoms with Crippen molar-refractivity contribution in [2.75, 3.05) is 11.9 Å². The van der Waals surface area contributed by atoms with Gasteiger partial charge in [0, 0.05) is 6.04 Å². The maximum Gasteiger partial charge on any atom is 0.246 e. The van der Waals surface area contributed by atoms with E-state index in [4.69, 9.17) is 4.74 Å². The number of carbonyl (C=O) groups excluding carboxylic acids is 1. The van der Waals surface area contributed by atoms with Gasteiger partial charge in [-0.1, -0.05) is 56.3 Å². The van der Waals surface area contributed by atoms with E-state index in [1.54, 1.807) is 0 Å². The third-order valence-corrected chi connectivity index (χ3v) is 4.23. The minimum Gasteiger partial charge on any atom is -0.492 e. The molecule has 0 aliphatic heterocycles. The van der Waals surface area contributed by atoms with Gasteiger partial charge in [-0.3, -0.25) is 10.1 Å². The highest BCUT2D eigenvalue weighted by Crippen LogP contribution is 2.25. The molecule has 0 radical (unpaired) electrons. The summed E-state index contributed by atoms with van der Waals surface area (Å²) in [6.07, 6.45) is 1.95. The lowest BCUT2D eigenvalue weighted by molar-refractivity contribution is -0.118. The van der Waals surface area contributed by atoms with Crippen LogP contribution in [0.4, 0.5) is 5.69 Å². The molecule has 1 atom stereocenters. The van der Waals surface area contributed by atoms with E-state index in [-0.39, 0.29) is 11.9 Å². The highest BCUT2D eigenvalue weighted by molar-refractivity contribution is 5.96. The van der Waals surface area contributed by atoms with Gasteiger partial charge in [-0.15, -0.1) is 0 Å². The smallest absolute Gasteiger partial charge is 0.246 e. The molecule has 0 bridgehead atoms. The van der Waals surface area contributed by atoms with Gasteiger partial charge >= 0.3 is 0 Å². The average Bonchev–Trinajstić information content (AvgIpc) is 2.65. The first-order chi connectivity index (χ1) is 12.2. The van der Waals surface area contributed by atoms with Crippen LogP contribution in [0.25, 0.3) is 0 Å². The van der Waals surface area contributed by atoms with E-state index in [1.165, 1.54) is 0 Å². The van der Waals surface area contributed by atoms with Gasteiger partial charge in [-0.2, -0.15) is 0 Å². The van der Waals surface area contributed by atoms with E-state index >= 15 is 0 Å². The summed E-state index contributed by atoms with van der Waals surface area (Å²) in [6, 6.07) is 17.2. The van der Waals surface area contributed by atoms with Crippen LogP contribution < -0.4 is 15.4 Å². The SMILES string of the molecule is CCOc1ccccc1NC(=O)[C@@H](NC(CC)CC)c1ccccc1. The first-order valence-electron chi connectivity index (χ1n) is 9.03. The summed E-state index contributed by atoms with van der Waals surface area (Å²) in [5.41, 5.74) is 1.66. The van der Waals surface area contributed by atoms with Gasteiger partial charge in [-0.25, -0.2) is 0 Å². The molecule has 0 saturated carbocycles. The van der Waals surface area contributed by atoms with Gasteiger partial charge < -0.3 is 10.1 Å². The molecule has 0 saturated heterocycles. The van der Waals surface area contributed by atoms with Crippen LogP contribution in [0.3, 0.4) is 0 Å². The van der Waals surface area contributed by atoms with Crippen molar-refractivity contribution in [3.63, 3.8) is 0 Å². The molecule has 0 unspecified atom stereocenters. The number of carbonyl (C=O) groups is 1. The van der Waals surface area contributed by atoms with Crippen molar-refractivity contribution in [2.24, 2.45) is 0 Å². The Morgan fingerprint density at radius 1 is 0.960 bits per heavy atom. The molecule has 0 aliphatic rings. The number of hydrogen-bond donors (Lipinski definition) is 2. The Kier molecular flexibility index (Phi) is 7.48. The van der Waals surface area contributed by atoms with Crippen molar-refractivity contribution in [3.8, 4) is 5.75 Å². The van der Waals surface area contributed by atoms with Crippen LogP contribution in [0.2, 0.25) is 0 Å². The normalized spacial score (nSPS) is 12.0. The van der Waals surface area contributed by atoms with Crippen molar-refractivity contribution in [2.45, 2.75) is 45.7 Å². The Balaban J connectivity index is 2.23. The summed E-state index contributed by atoms with van der Waals surface area (Å²) in [5.74, 6) is 0.609. The Morgan fingerprint density at radius 2 is 1.60 bits per heavy atom. The molecule has 2 aromatic rings. The van der Waals surface area contributed by atoms with Crippen LogP contribution in [-0.2, 0) is 4.79 Å². The minimum atomic E-state index is -0.402. The maximum absolute atomic E-state index is 13.0. The summed E-state index contributed by atoms with van der Waals surface area (Å²) in [6.45, 7) is 6.75. The Bertz CT molecular complexity index is 654. The van der Waals surface area contributed by atoms with Crippen molar-refractivity contribution in [3.05, 3.63) is 60.2 Å². The van der Waals surface area contributed by atoms with Crippen molar-refractivity contribution < 1.29 is 9.53 Å². The van der Waals surface area contributed by atoms with E-state index in [0.717, 1.165) is 18.4 Å². The molecule has 4 heteroatoms. The number of para-hydroxylation sites is 2. The van der Waals surface area contributed by atoms with Gasteiger partial charge in [-0.05, 0) is 37.5 Å². The van der Waals surface area contributed by atoms with Gasteiger partial charge in [0.1, 0.15) is 11.8 Å². The molecular weight excluding hydrogens is 312 g/mol. The van der Waals surface area contributed by atoms with Crippen LogP contribution in [0.1, 0.15) is 45.2 Å². The monoisotopic (exact) mass is 340 g/mol. The number of anilines is 1. The standard InChI is InChI=1S/C21H28N2O2/c1-4-17(5-2)22-20(16-12-8-7-9-13-16)21(24)23-18-14-10-11-15-19(18)25-6-3/h7-15,17,20,22H,4-6H2,1-3H3,(H,23,24)/t20-/m0/s1. The number of rotatable bonds is 9. The van der Waals surface area contributed by atoms with Gasteiger partial charge in [0.2, 0.25) is 5.91 Å². The molecule has 2 N–H and O–H groups in total. The van der Waals surface area contributed by atoms with E-state index in [9.17, 15) is 4.79 Å². The number of benzene rings is 2. The molecule has 0 aliphatic carbocycles. The molecule has 0 fully saturated rings. The molecule has 0 spiro atoms. The number of hydrogen-bond acceptors (Lipinski definition) is 3. The first-order valence-corrected chi connectivity index (χ1v) is 9.03. The fourth-order valence-electron chi connectivity index (χ4n) is 2.79. The zero-order valence-corrected chi connectivity index (χ0v) is 15.3. The average molecular weight is 340 g/mol. The molecule has 4 nitrogen and oxygen atoms in total. The Hall–Kier alpha value is -2.33. The summed E-state index contributed by atoms with van der Waals surface area (Å²) in [5, 5.41) is 6.51. The number of ether oxygens (including phenoxy) is 1. The molecule has 1 amide bonds. The Morgan fingerprint density at radius 3 is 2.24 bits per heavy atom. The summed E-state index contributed by atoms with van der Waals surface area (Å²) in [4.78, 5) is 13.0. The zero-order valence-electron chi connectivity index (χ0n) is 15.3. The van der Waals surface area contributed by atoms with Gasteiger partial charge in [0.25, 0.3) is 0 Å². The predicted molar refractivity (Wildman–Crippen MR) is 103 cm³/mol. The fourth-order valence-corrected chi connectivity index (χ4v) is 2.79. The lowest BCUT2D eigenvalue weighted by Gasteiger charge is -2.24. The minimum absolute atomic E-state index is 0.0785. The van der Waals surface area contributed by atoms with Crippen LogP contribution >= 0.6 is 0 Å². The maximum atomic E-state index is 13.0. The topological polar surface area (TPSA) is 50.4 Å². The Labute approximate surface area is 150 Å². The van der Waals surface area contributed by atoms with Gasteiger partial charge in [0.15, 0.2) is 0 Å². The van der Waals surface area contributed by atoms with Crippen LogP contribution in [0, 0.1) is 0 Å². The van der Waals surface area contributed by atoms with E-state index in [0.29, 0.717) is 18.0 Å². The van der Waals surface area contributed by atoms with Crippen molar-refractivity contribution >= 4 is 11.6 Å².